The number of aliphatic hydroxyl groups is 1. The fourth-order valence-electron chi connectivity index (χ4n) is 6.51. The molecule has 208 valence electrons. The average Bonchev–Trinajstić information content (AvgIpc) is 3.56. The van der Waals surface area contributed by atoms with Crippen molar-refractivity contribution in [1.82, 2.24) is 4.90 Å². The van der Waals surface area contributed by atoms with Gasteiger partial charge in [0.25, 0.3) is 15.9 Å². The molecule has 2 bridgehead atoms. The third-order valence-corrected chi connectivity index (χ3v) is 11.9. The number of halogens is 2. The van der Waals surface area contributed by atoms with Crippen molar-refractivity contribution in [3.05, 3.63) is 56.9 Å². The molecule has 2 N–H and O–H groups in total. The number of carbonyl (C=O) groups excluding carboxylic acids is 1. The highest BCUT2D eigenvalue weighted by atomic mass is 35.5. The van der Waals surface area contributed by atoms with Crippen LogP contribution < -0.4 is 5.32 Å². The molecule has 0 radical (unpaired) electrons. The molecular weight excluding hydrogens is 589 g/mol. The monoisotopic (exact) mass is 613 g/mol. The number of fused-ring (bicyclic) bond motifs is 6. The zero-order chi connectivity index (χ0) is 27.9. The van der Waals surface area contributed by atoms with E-state index in [1.807, 2.05) is 0 Å². The predicted molar refractivity (Wildman–Crippen MR) is 146 cm³/mol. The van der Waals surface area contributed by atoms with E-state index in [-0.39, 0.29) is 74.6 Å². The number of sulfone groups is 1. The van der Waals surface area contributed by atoms with Crippen LogP contribution in [0.1, 0.15) is 30.4 Å². The van der Waals surface area contributed by atoms with Crippen molar-refractivity contribution in [2.24, 2.45) is 22.2 Å². The van der Waals surface area contributed by atoms with Gasteiger partial charge in [0.15, 0.2) is 5.84 Å². The number of hydrogen-bond donors (Lipinski definition) is 2. The third kappa shape index (κ3) is 4.56. The van der Waals surface area contributed by atoms with Crippen molar-refractivity contribution < 1.29 is 31.1 Å². The van der Waals surface area contributed by atoms with Crippen molar-refractivity contribution >= 4 is 59.5 Å². The maximum absolute atomic E-state index is 14.0. The molecule has 4 atom stereocenters. The predicted octanol–water partition coefficient (Wildman–Crippen LogP) is 3.91. The number of aliphatic hydroxyl groups excluding tert-OH is 1. The highest BCUT2D eigenvalue weighted by molar-refractivity contribution is 7.91. The number of carbonyl (C=O) groups is 1. The number of nitrogens with zero attached hydrogens (tertiary/aromatic N) is 2. The van der Waals surface area contributed by atoms with Crippen LogP contribution in [0, 0.1) is 23.6 Å². The number of hydrogen-bond acceptors (Lipinski definition) is 8. The first kappa shape index (κ1) is 26.7. The Bertz CT molecular complexity index is 1680. The maximum atomic E-state index is 14.0. The first-order valence-electron chi connectivity index (χ1n) is 12.4. The van der Waals surface area contributed by atoms with Gasteiger partial charge in [0.2, 0.25) is 0 Å². The Balaban J connectivity index is 1.40. The smallest absolute Gasteiger partial charge is 0.287 e. The van der Waals surface area contributed by atoms with Crippen LogP contribution in [0.2, 0.25) is 5.02 Å². The van der Waals surface area contributed by atoms with E-state index in [4.69, 9.17) is 11.6 Å². The number of benzene rings is 1. The second-order valence-electron chi connectivity index (χ2n) is 10.6. The largest absolute Gasteiger partial charge is 0.511 e. The molecule has 14 heteroatoms. The quantitative estimate of drug-likeness (QED) is 0.505. The standard InChI is InChI=1S/C25H25ClFN3O6S3/c1-38(33,34)7-6-15-11-37-24-22(15)39(35,36)29-23(28-24)19-21(31)18-12-2-3-13(8-12)20(18)30(25(19)32)10-14-4-5-16(27)9-17(14)26/h4-5,9,11-13,18,20,31H,2-3,6-8,10H2,1H3,(H,28,29)/t12-,13+,18?,20?/m0/s1. The first-order valence-corrected chi connectivity index (χ1v) is 17.2. The SMILES string of the molecule is CS(=O)(=O)CCc1csc2c1S(=O)(=O)N=C(C1=C(O)C3C([C@@H]4CC[C@H]3C4)N(Cc3ccc(F)cc3Cl)C1=O)N2. The lowest BCUT2D eigenvalue weighted by atomic mass is 9.77. The van der Waals surface area contributed by atoms with Crippen LogP contribution in [-0.4, -0.2) is 56.6 Å². The van der Waals surface area contributed by atoms with Crippen LogP contribution >= 0.6 is 22.9 Å². The molecule has 0 saturated heterocycles. The molecule has 3 heterocycles. The number of amides is 1. The average molecular weight is 614 g/mol. The number of anilines is 1. The fourth-order valence-corrected chi connectivity index (χ4v) is 10.00. The van der Waals surface area contributed by atoms with Crippen LogP contribution in [0.5, 0.6) is 0 Å². The Morgan fingerprint density at radius 2 is 2.00 bits per heavy atom. The second kappa shape index (κ2) is 9.28. The van der Waals surface area contributed by atoms with E-state index in [1.54, 1.807) is 10.3 Å². The Kier molecular flexibility index (Phi) is 6.36. The van der Waals surface area contributed by atoms with Gasteiger partial charge in [-0.2, -0.15) is 8.42 Å². The minimum atomic E-state index is -4.30. The van der Waals surface area contributed by atoms with E-state index >= 15 is 0 Å². The van der Waals surface area contributed by atoms with Gasteiger partial charge in [-0.25, -0.2) is 12.8 Å². The molecular formula is C25H25ClFN3O6S3. The van der Waals surface area contributed by atoms with Gasteiger partial charge in [-0.3, -0.25) is 4.79 Å². The number of aryl methyl sites for hydroxylation is 1. The zero-order valence-electron chi connectivity index (χ0n) is 20.7. The van der Waals surface area contributed by atoms with Crippen molar-refractivity contribution in [2.45, 2.75) is 43.2 Å². The van der Waals surface area contributed by atoms with Gasteiger partial charge in [-0.15, -0.1) is 15.7 Å². The van der Waals surface area contributed by atoms with Gasteiger partial charge in [0.1, 0.15) is 36.9 Å². The molecule has 2 fully saturated rings. The summed E-state index contributed by atoms with van der Waals surface area (Å²) in [5.41, 5.74) is 0.655. The van der Waals surface area contributed by atoms with Gasteiger partial charge < -0.3 is 15.3 Å². The van der Waals surface area contributed by atoms with E-state index in [9.17, 15) is 31.1 Å². The lowest BCUT2D eigenvalue weighted by Gasteiger charge is -2.44. The Morgan fingerprint density at radius 1 is 1.26 bits per heavy atom. The molecule has 2 aliphatic heterocycles. The Morgan fingerprint density at radius 3 is 2.72 bits per heavy atom. The fraction of sp³-hybridized carbons (Fsp3) is 0.440. The highest BCUT2D eigenvalue weighted by Gasteiger charge is 2.57. The van der Waals surface area contributed by atoms with E-state index < -0.39 is 31.6 Å². The normalized spacial score (nSPS) is 27.3. The molecule has 2 saturated carbocycles. The van der Waals surface area contributed by atoms with Gasteiger partial charge >= 0.3 is 0 Å². The zero-order valence-corrected chi connectivity index (χ0v) is 23.9. The molecule has 39 heavy (non-hydrogen) atoms. The number of thiophene rings is 1. The summed E-state index contributed by atoms with van der Waals surface area (Å²) in [6.45, 7) is 0.0685. The van der Waals surface area contributed by atoms with E-state index in [0.29, 0.717) is 11.1 Å². The van der Waals surface area contributed by atoms with Gasteiger partial charge in [-0.05, 0) is 66.2 Å². The lowest BCUT2D eigenvalue weighted by Crippen LogP contribution is -2.53. The van der Waals surface area contributed by atoms with E-state index in [2.05, 4.69) is 9.71 Å². The van der Waals surface area contributed by atoms with E-state index in [0.717, 1.165) is 36.9 Å². The molecule has 4 aliphatic rings. The minimum absolute atomic E-state index is 0.00232. The molecule has 1 amide bonds. The summed E-state index contributed by atoms with van der Waals surface area (Å²) >= 11 is 7.36. The van der Waals surface area contributed by atoms with Crippen LogP contribution in [0.15, 0.2) is 44.2 Å². The molecule has 2 aromatic rings. The molecule has 2 aliphatic carbocycles. The van der Waals surface area contributed by atoms with Crippen molar-refractivity contribution in [1.29, 1.82) is 0 Å². The number of rotatable bonds is 6. The third-order valence-electron chi connectivity index (χ3n) is 8.13. The first-order chi connectivity index (χ1) is 18.3. The molecule has 0 spiro atoms. The van der Waals surface area contributed by atoms with Gasteiger partial charge in [-0.1, -0.05) is 17.7 Å². The number of amidine groups is 1. The number of nitrogens with one attached hydrogen (secondary N) is 1. The summed E-state index contributed by atoms with van der Waals surface area (Å²) in [5, 5.41) is 16.3. The summed E-state index contributed by atoms with van der Waals surface area (Å²) in [5.74, 6) is -1.81. The molecule has 1 aromatic carbocycles. The molecule has 2 unspecified atom stereocenters. The Hall–Kier alpha value is -2.48. The number of sulfonamides is 1. The maximum Gasteiger partial charge on any atom is 0.287 e. The van der Waals surface area contributed by atoms with Gasteiger partial charge in [0, 0.05) is 29.8 Å². The lowest BCUT2D eigenvalue weighted by molar-refractivity contribution is -0.134. The summed E-state index contributed by atoms with van der Waals surface area (Å²) in [6, 6.07) is 3.67. The van der Waals surface area contributed by atoms with Crippen LogP contribution in [0.3, 0.4) is 0 Å². The summed E-state index contributed by atoms with van der Waals surface area (Å²) in [7, 11) is -7.62. The topological polar surface area (TPSA) is 133 Å². The summed E-state index contributed by atoms with van der Waals surface area (Å²) < 4.78 is 67.5. The molecule has 6 rings (SSSR count). The van der Waals surface area contributed by atoms with E-state index in [1.165, 1.54) is 18.2 Å². The van der Waals surface area contributed by atoms with Crippen LogP contribution in [0.4, 0.5) is 9.39 Å². The van der Waals surface area contributed by atoms with Crippen LogP contribution in [-0.2, 0) is 37.6 Å². The van der Waals surface area contributed by atoms with Crippen LogP contribution in [0.25, 0.3) is 0 Å². The summed E-state index contributed by atoms with van der Waals surface area (Å²) in [4.78, 5) is 15.5. The summed E-state index contributed by atoms with van der Waals surface area (Å²) in [6.07, 6.45) is 3.72. The Labute approximate surface area is 234 Å². The van der Waals surface area contributed by atoms with Crippen molar-refractivity contribution in [2.75, 3.05) is 17.3 Å². The second-order valence-corrected chi connectivity index (χ2v) is 15.7. The highest BCUT2D eigenvalue weighted by Crippen LogP contribution is 2.55. The van der Waals surface area contributed by atoms with Gasteiger partial charge in [0.05, 0.1) is 5.75 Å². The molecule has 1 aromatic heterocycles. The minimum Gasteiger partial charge on any atom is -0.511 e. The molecule has 9 nitrogen and oxygen atoms in total. The van der Waals surface area contributed by atoms with Crippen molar-refractivity contribution in [3.63, 3.8) is 0 Å². The van der Waals surface area contributed by atoms with Crippen molar-refractivity contribution in [3.8, 4) is 0 Å².